The number of rotatable bonds is 5. The standard InChI is InChI=1S/C27H20ClN3O4/c1-17-2-11-24(35-17)26(33)29-20-7-9-21(10-8-20)31-15-13-23(32)25-22(31)12-14-30(27(25)34)16-18-3-5-19(28)6-4-18/h2-15H,16H2,1H3,(H,29,33). The van der Waals surface area contributed by atoms with Crippen LogP contribution in [0, 0.1) is 6.92 Å². The Kier molecular flexibility index (Phi) is 5.84. The zero-order valence-corrected chi connectivity index (χ0v) is 19.5. The molecule has 7 nitrogen and oxygen atoms in total. The van der Waals surface area contributed by atoms with Crippen LogP contribution in [0.3, 0.4) is 0 Å². The highest BCUT2D eigenvalue weighted by atomic mass is 35.5. The number of fused-ring (bicyclic) bond motifs is 1. The SMILES string of the molecule is Cc1ccc(C(=O)Nc2ccc(-n3ccc(=O)c4c(=O)n(Cc5ccc(Cl)cc5)ccc43)cc2)o1. The van der Waals surface area contributed by atoms with Gasteiger partial charge < -0.3 is 18.9 Å². The number of carbonyl (C=O) groups is 1. The fourth-order valence-corrected chi connectivity index (χ4v) is 4.02. The highest BCUT2D eigenvalue weighted by molar-refractivity contribution is 6.30. The van der Waals surface area contributed by atoms with E-state index in [9.17, 15) is 14.4 Å². The predicted octanol–water partition coefficient (Wildman–Crippen LogP) is 5.01. The first-order chi connectivity index (χ1) is 16.9. The molecule has 0 unspecified atom stereocenters. The summed E-state index contributed by atoms with van der Waals surface area (Å²) in [7, 11) is 0. The number of benzene rings is 2. The van der Waals surface area contributed by atoms with E-state index < -0.39 is 0 Å². The van der Waals surface area contributed by atoms with Crippen molar-refractivity contribution in [2.24, 2.45) is 0 Å². The number of hydrogen-bond acceptors (Lipinski definition) is 4. The maximum Gasteiger partial charge on any atom is 0.291 e. The van der Waals surface area contributed by atoms with Crippen LogP contribution in [0.15, 0.2) is 99.2 Å². The Morgan fingerprint density at radius 3 is 2.34 bits per heavy atom. The van der Waals surface area contributed by atoms with E-state index in [1.807, 2.05) is 12.1 Å². The molecule has 8 heteroatoms. The minimum absolute atomic E-state index is 0.106. The van der Waals surface area contributed by atoms with Crippen molar-refractivity contribution in [2.45, 2.75) is 13.5 Å². The molecule has 0 spiro atoms. The van der Waals surface area contributed by atoms with Gasteiger partial charge in [-0.3, -0.25) is 14.4 Å². The summed E-state index contributed by atoms with van der Waals surface area (Å²) in [5.74, 6) is 0.539. The van der Waals surface area contributed by atoms with Gasteiger partial charge in [0.2, 0.25) is 0 Å². The van der Waals surface area contributed by atoms with E-state index in [0.29, 0.717) is 28.5 Å². The third-order valence-corrected chi connectivity index (χ3v) is 5.91. The third kappa shape index (κ3) is 4.54. The molecule has 5 aromatic rings. The number of anilines is 1. The molecule has 0 aliphatic rings. The summed E-state index contributed by atoms with van der Waals surface area (Å²) in [6.45, 7) is 2.09. The molecule has 3 heterocycles. The van der Waals surface area contributed by atoms with Crippen LogP contribution in [0.5, 0.6) is 0 Å². The number of hydrogen-bond donors (Lipinski definition) is 1. The first-order valence-corrected chi connectivity index (χ1v) is 11.2. The first-order valence-electron chi connectivity index (χ1n) is 10.9. The zero-order chi connectivity index (χ0) is 24.5. The van der Waals surface area contributed by atoms with Crippen LogP contribution < -0.4 is 16.3 Å². The van der Waals surface area contributed by atoms with Gasteiger partial charge in [0.25, 0.3) is 11.5 Å². The number of carbonyl (C=O) groups excluding carboxylic acids is 1. The molecule has 2 aromatic carbocycles. The maximum atomic E-state index is 13.2. The van der Waals surface area contributed by atoms with E-state index in [0.717, 1.165) is 11.3 Å². The van der Waals surface area contributed by atoms with Gasteiger partial charge in [0.05, 0.1) is 12.1 Å². The molecule has 5 rings (SSSR count). The summed E-state index contributed by atoms with van der Waals surface area (Å²) in [5, 5.41) is 3.51. The summed E-state index contributed by atoms with van der Waals surface area (Å²) in [4.78, 5) is 38.2. The second kappa shape index (κ2) is 9.12. The quantitative estimate of drug-likeness (QED) is 0.379. The van der Waals surface area contributed by atoms with Gasteiger partial charge in [0.1, 0.15) is 11.1 Å². The Hall–Kier alpha value is -4.36. The molecule has 0 atom stereocenters. The van der Waals surface area contributed by atoms with E-state index in [-0.39, 0.29) is 28.0 Å². The van der Waals surface area contributed by atoms with Gasteiger partial charge >= 0.3 is 0 Å². The van der Waals surface area contributed by atoms with Crippen molar-refractivity contribution in [3.05, 3.63) is 128 Å². The van der Waals surface area contributed by atoms with E-state index in [2.05, 4.69) is 5.32 Å². The molecule has 0 saturated heterocycles. The second-order valence-electron chi connectivity index (χ2n) is 8.10. The number of pyridine rings is 2. The largest absolute Gasteiger partial charge is 0.456 e. The third-order valence-electron chi connectivity index (χ3n) is 5.66. The van der Waals surface area contributed by atoms with Crippen LogP contribution in [0.1, 0.15) is 21.9 Å². The smallest absolute Gasteiger partial charge is 0.291 e. The number of nitrogens with zero attached hydrogens (tertiary/aromatic N) is 2. The van der Waals surface area contributed by atoms with Crippen LogP contribution in [0.25, 0.3) is 16.6 Å². The average molecular weight is 486 g/mol. The Morgan fingerprint density at radius 2 is 1.66 bits per heavy atom. The highest BCUT2D eigenvalue weighted by Crippen LogP contribution is 2.19. The molecular formula is C27H20ClN3O4. The Balaban J connectivity index is 1.46. The lowest BCUT2D eigenvalue weighted by molar-refractivity contribution is 0.0995. The normalized spacial score (nSPS) is 11.0. The lowest BCUT2D eigenvalue weighted by Crippen LogP contribution is -2.25. The van der Waals surface area contributed by atoms with Crippen molar-refractivity contribution in [1.29, 1.82) is 0 Å². The fourth-order valence-electron chi connectivity index (χ4n) is 3.89. The number of nitrogens with one attached hydrogen (secondary N) is 1. The monoisotopic (exact) mass is 485 g/mol. The molecule has 0 fully saturated rings. The molecule has 0 aliphatic carbocycles. The fraction of sp³-hybridized carbons (Fsp3) is 0.0741. The zero-order valence-electron chi connectivity index (χ0n) is 18.7. The molecule has 174 valence electrons. The van der Waals surface area contributed by atoms with Crippen LogP contribution in [0.2, 0.25) is 5.02 Å². The maximum absolute atomic E-state index is 13.2. The Labute approximate surface area is 204 Å². The van der Waals surface area contributed by atoms with Crippen molar-refractivity contribution in [3.8, 4) is 5.69 Å². The number of halogens is 1. The number of aromatic nitrogens is 2. The van der Waals surface area contributed by atoms with Gasteiger partial charge in [-0.15, -0.1) is 0 Å². The van der Waals surface area contributed by atoms with Gasteiger partial charge in [-0.2, -0.15) is 0 Å². The van der Waals surface area contributed by atoms with Crippen molar-refractivity contribution >= 4 is 34.1 Å². The van der Waals surface area contributed by atoms with E-state index in [1.165, 1.54) is 10.6 Å². The summed E-state index contributed by atoms with van der Waals surface area (Å²) in [6, 6.07) is 20.8. The minimum atomic E-state index is -0.366. The number of amides is 1. The summed E-state index contributed by atoms with van der Waals surface area (Å²) in [6.07, 6.45) is 3.31. The first kappa shape index (κ1) is 22.4. The van der Waals surface area contributed by atoms with Gasteiger partial charge in [-0.05, 0) is 67.1 Å². The molecule has 0 aliphatic heterocycles. The van der Waals surface area contributed by atoms with Crippen molar-refractivity contribution in [2.75, 3.05) is 5.32 Å². The summed E-state index contributed by atoms with van der Waals surface area (Å²) < 4.78 is 8.63. The van der Waals surface area contributed by atoms with Crippen LogP contribution in [-0.4, -0.2) is 15.0 Å². The molecule has 3 aromatic heterocycles. The number of aryl methyl sites for hydroxylation is 1. The number of furan rings is 1. The van der Waals surface area contributed by atoms with Crippen LogP contribution in [0.4, 0.5) is 5.69 Å². The van der Waals surface area contributed by atoms with Crippen molar-refractivity contribution in [1.82, 2.24) is 9.13 Å². The predicted molar refractivity (Wildman–Crippen MR) is 136 cm³/mol. The van der Waals surface area contributed by atoms with E-state index in [4.69, 9.17) is 16.0 Å². The molecule has 1 N–H and O–H groups in total. The minimum Gasteiger partial charge on any atom is -0.456 e. The van der Waals surface area contributed by atoms with E-state index >= 15 is 0 Å². The van der Waals surface area contributed by atoms with Gasteiger partial charge in [-0.25, -0.2) is 0 Å². The van der Waals surface area contributed by atoms with Crippen LogP contribution >= 0.6 is 11.6 Å². The molecular weight excluding hydrogens is 466 g/mol. The summed E-state index contributed by atoms with van der Waals surface area (Å²) in [5.41, 5.74) is 2.01. The van der Waals surface area contributed by atoms with Gasteiger partial charge in [-0.1, -0.05) is 23.7 Å². The molecule has 0 radical (unpaired) electrons. The molecule has 1 amide bonds. The van der Waals surface area contributed by atoms with Gasteiger partial charge in [0.15, 0.2) is 11.2 Å². The Bertz CT molecular complexity index is 1660. The van der Waals surface area contributed by atoms with Crippen molar-refractivity contribution < 1.29 is 9.21 Å². The highest BCUT2D eigenvalue weighted by Gasteiger charge is 2.13. The topological polar surface area (TPSA) is 86.2 Å². The average Bonchev–Trinajstić information content (AvgIpc) is 3.29. The molecule has 35 heavy (non-hydrogen) atoms. The van der Waals surface area contributed by atoms with Crippen LogP contribution in [-0.2, 0) is 6.54 Å². The molecule has 0 saturated carbocycles. The van der Waals surface area contributed by atoms with Crippen molar-refractivity contribution in [3.63, 3.8) is 0 Å². The van der Waals surface area contributed by atoms with Gasteiger partial charge in [0, 0.05) is 34.9 Å². The van der Waals surface area contributed by atoms with E-state index in [1.54, 1.807) is 78.5 Å². The summed E-state index contributed by atoms with van der Waals surface area (Å²) >= 11 is 5.95. The molecule has 0 bridgehead atoms. The lowest BCUT2D eigenvalue weighted by atomic mass is 10.2. The Morgan fingerprint density at radius 1 is 0.914 bits per heavy atom. The lowest BCUT2D eigenvalue weighted by Gasteiger charge is -2.13. The second-order valence-corrected chi connectivity index (χ2v) is 8.53.